The molecule has 0 bridgehead atoms. The summed E-state index contributed by atoms with van der Waals surface area (Å²) >= 11 is 0. The lowest BCUT2D eigenvalue weighted by Gasteiger charge is -2.61. The van der Waals surface area contributed by atoms with Gasteiger partial charge in [0.2, 0.25) is 0 Å². The van der Waals surface area contributed by atoms with Gasteiger partial charge in [0.05, 0.1) is 11.2 Å². The molecule has 3 heterocycles. The Hall–Kier alpha value is -8.12. The molecule has 5 heteroatoms. The lowest BCUT2D eigenvalue weighted by molar-refractivity contribution is -0.0311. The predicted molar refractivity (Wildman–Crippen MR) is 399 cm³/mol. The van der Waals surface area contributed by atoms with Gasteiger partial charge in [-0.15, -0.1) is 0 Å². The van der Waals surface area contributed by atoms with Crippen LogP contribution in [0.2, 0.25) is 0 Å². The molecule has 10 aromatic rings. The Morgan fingerprint density at radius 1 is 0.413 bits per heavy atom. The number of aryl methyl sites for hydroxylation is 2. The van der Waals surface area contributed by atoms with Crippen LogP contribution < -0.4 is 51.8 Å². The Balaban J connectivity index is 1.00. The molecule has 0 N–H and O–H groups in total. The molecule has 3 aliphatic heterocycles. The number of hydrogen-bond acceptors (Lipinski definition) is 3. The van der Waals surface area contributed by atoms with Gasteiger partial charge in [-0.3, -0.25) is 0 Å². The molecular weight excluding hydrogens is 1130 g/mol. The second-order valence-corrected chi connectivity index (χ2v) is 36.8. The van der Waals surface area contributed by atoms with Crippen LogP contribution in [0.1, 0.15) is 149 Å². The molecular formula is C87H92BN3Si. The third-order valence-corrected chi connectivity index (χ3v) is 28.4. The molecule has 3 nitrogen and oxygen atoms in total. The van der Waals surface area contributed by atoms with Crippen LogP contribution in [0.4, 0.5) is 45.5 Å². The van der Waals surface area contributed by atoms with Gasteiger partial charge in [0, 0.05) is 50.8 Å². The first-order valence-electron chi connectivity index (χ1n) is 34.1. The van der Waals surface area contributed by atoms with Gasteiger partial charge in [-0.2, -0.15) is 0 Å². The van der Waals surface area contributed by atoms with E-state index in [1.54, 1.807) is 0 Å². The summed E-state index contributed by atoms with van der Waals surface area (Å²) in [6.07, 6.45) is 4.21. The standard InChI is InChI=1S/C87H92BN3Si/c1-57-45-78-80-79(46-57)90(74-43-38-63(82(6,7)8)50-69(74)59-29-21-17-22-30-59)76-49-61-54-83(9,10)53-60(61)48-72(76)88(80)71-41-39-64(51-77(71)89(78)73-42-37-62(47-58(73)2)81(3,4)5)91-75-44-40-68(52-70(75)86(15)55-84(11,12)85(13,14)56-87(86,91)16)92(65-31-23-18-24-32-65,66-33-25-19-26-34-66)67-35-27-20-28-36-67/h17-52H,53-56H2,1-16H3. The fraction of sp³-hybridized carbons (Fsp3) is 0.310. The Morgan fingerprint density at radius 2 is 0.913 bits per heavy atom. The minimum absolute atomic E-state index is 0.0131. The first kappa shape index (κ1) is 60.1. The van der Waals surface area contributed by atoms with E-state index < -0.39 is 8.07 Å². The van der Waals surface area contributed by atoms with Crippen molar-refractivity contribution in [1.29, 1.82) is 0 Å². The molecule has 2 unspecified atom stereocenters. The van der Waals surface area contributed by atoms with Gasteiger partial charge in [0.15, 0.2) is 8.07 Å². The van der Waals surface area contributed by atoms with Crippen molar-refractivity contribution >= 4 is 97.4 Å². The summed E-state index contributed by atoms with van der Waals surface area (Å²) < 4.78 is 0. The number of anilines is 8. The van der Waals surface area contributed by atoms with Crippen molar-refractivity contribution in [2.75, 3.05) is 14.7 Å². The first-order valence-corrected chi connectivity index (χ1v) is 36.1. The highest BCUT2D eigenvalue weighted by Gasteiger charge is 2.66. The van der Waals surface area contributed by atoms with Crippen molar-refractivity contribution in [1.82, 2.24) is 0 Å². The van der Waals surface area contributed by atoms with E-state index in [2.05, 4.69) is 344 Å². The van der Waals surface area contributed by atoms with Crippen LogP contribution in [0.3, 0.4) is 0 Å². The van der Waals surface area contributed by atoms with Gasteiger partial charge < -0.3 is 14.7 Å². The highest BCUT2D eigenvalue weighted by Crippen LogP contribution is 2.68. The smallest absolute Gasteiger partial charge is 0.252 e. The molecule has 0 spiro atoms. The summed E-state index contributed by atoms with van der Waals surface area (Å²) in [5.74, 6) is 0. The number of rotatable bonds is 8. The summed E-state index contributed by atoms with van der Waals surface area (Å²) in [6, 6.07) is 86.3. The maximum Gasteiger partial charge on any atom is 0.252 e. The fourth-order valence-electron chi connectivity index (χ4n) is 18.2. The number of nitrogens with zero attached hydrogens (tertiary/aromatic N) is 3. The minimum atomic E-state index is -2.89. The zero-order valence-electron chi connectivity index (χ0n) is 57.5. The van der Waals surface area contributed by atoms with Crippen molar-refractivity contribution in [2.45, 2.75) is 158 Å². The summed E-state index contributed by atoms with van der Waals surface area (Å²) in [7, 11) is -2.89. The SMILES string of the molecule is Cc1cc2c3c(c1)N(c1ccc(C(C)(C)C)cc1-c1ccccc1)c1cc4c(cc1B3c1ccc(N3c5ccc([Si](c6ccccc6)(c6ccccc6)c6ccccc6)cc5C5(C)CC(C)(C)C(C)(C)CC35C)cc1N2c1ccc(C(C)(C)C)cc1C)CC(C)(C)C4. The second-order valence-electron chi connectivity index (χ2n) is 33.0. The van der Waals surface area contributed by atoms with E-state index in [0.717, 1.165) is 25.7 Å². The van der Waals surface area contributed by atoms with Crippen LogP contribution in [0.25, 0.3) is 11.1 Å². The van der Waals surface area contributed by atoms with Gasteiger partial charge in [-0.05, 0) is 210 Å². The fourth-order valence-corrected chi connectivity index (χ4v) is 23.0. The van der Waals surface area contributed by atoms with Crippen molar-refractivity contribution < 1.29 is 0 Å². The van der Waals surface area contributed by atoms with E-state index in [4.69, 9.17) is 0 Å². The lowest BCUT2D eigenvalue weighted by Crippen LogP contribution is -2.74. The van der Waals surface area contributed by atoms with Crippen LogP contribution in [0.5, 0.6) is 0 Å². The largest absolute Gasteiger partial charge is 0.334 e. The molecule has 2 atom stereocenters. The maximum atomic E-state index is 2.86. The quantitative estimate of drug-likeness (QED) is 0.111. The van der Waals surface area contributed by atoms with E-state index in [0.29, 0.717) is 0 Å². The van der Waals surface area contributed by atoms with Crippen LogP contribution >= 0.6 is 0 Å². The second kappa shape index (κ2) is 20.7. The molecule has 92 heavy (non-hydrogen) atoms. The van der Waals surface area contributed by atoms with Crippen LogP contribution in [-0.2, 0) is 29.1 Å². The van der Waals surface area contributed by atoms with E-state index in [-0.39, 0.29) is 44.7 Å². The van der Waals surface area contributed by atoms with E-state index >= 15 is 0 Å². The van der Waals surface area contributed by atoms with E-state index in [1.165, 1.54) is 133 Å². The molecule has 1 saturated carbocycles. The van der Waals surface area contributed by atoms with Gasteiger partial charge in [0.25, 0.3) is 6.71 Å². The van der Waals surface area contributed by atoms with Crippen molar-refractivity contribution in [3.63, 3.8) is 0 Å². The van der Waals surface area contributed by atoms with Gasteiger partial charge in [-0.25, -0.2) is 0 Å². The van der Waals surface area contributed by atoms with Crippen molar-refractivity contribution in [3.8, 4) is 11.1 Å². The highest BCUT2D eigenvalue weighted by molar-refractivity contribution is 7.20. The Bertz CT molecular complexity index is 4490. The summed E-state index contributed by atoms with van der Waals surface area (Å²) in [6.45, 7) is 39.2. The van der Waals surface area contributed by atoms with E-state index in [9.17, 15) is 0 Å². The molecule has 2 aliphatic carbocycles. The molecule has 15 rings (SSSR count). The maximum absolute atomic E-state index is 2.89. The minimum Gasteiger partial charge on any atom is -0.334 e. The van der Waals surface area contributed by atoms with Crippen LogP contribution in [0, 0.1) is 30.1 Å². The Kier molecular flexibility index (Phi) is 13.5. The molecule has 462 valence electrons. The monoisotopic (exact) mass is 1220 g/mol. The Morgan fingerprint density at radius 3 is 1.48 bits per heavy atom. The number of benzene rings is 10. The molecule has 1 fully saturated rings. The molecule has 5 aliphatic rings. The average molecular weight is 1220 g/mol. The lowest BCUT2D eigenvalue weighted by atomic mass is 9.33. The average Bonchev–Trinajstić information content (AvgIpc) is 1.43. The Labute approximate surface area is 551 Å². The third kappa shape index (κ3) is 9.01. The summed E-state index contributed by atoms with van der Waals surface area (Å²) in [5.41, 5.74) is 26.0. The predicted octanol–water partition coefficient (Wildman–Crippen LogP) is 18.2. The zero-order chi connectivity index (χ0) is 64.5. The zero-order valence-corrected chi connectivity index (χ0v) is 58.5. The molecule has 0 radical (unpaired) electrons. The molecule has 0 saturated heterocycles. The van der Waals surface area contributed by atoms with Crippen LogP contribution in [0.15, 0.2) is 218 Å². The number of fused-ring (bicyclic) bond motifs is 8. The normalized spacial score (nSPS) is 19.8. The molecule has 0 aromatic heterocycles. The first-order chi connectivity index (χ1) is 43.6. The molecule has 0 amide bonds. The topological polar surface area (TPSA) is 9.72 Å². The van der Waals surface area contributed by atoms with Crippen molar-refractivity contribution in [3.05, 3.63) is 257 Å². The highest BCUT2D eigenvalue weighted by atomic mass is 28.3. The summed E-state index contributed by atoms with van der Waals surface area (Å²) in [4.78, 5) is 8.26. The summed E-state index contributed by atoms with van der Waals surface area (Å²) in [5, 5.41) is 5.64. The van der Waals surface area contributed by atoms with E-state index in [1.807, 2.05) is 0 Å². The third-order valence-electron chi connectivity index (χ3n) is 23.6. The van der Waals surface area contributed by atoms with Gasteiger partial charge in [-0.1, -0.05) is 254 Å². The molecule has 10 aromatic carbocycles. The van der Waals surface area contributed by atoms with Crippen molar-refractivity contribution in [2.24, 2.45) is 16.2 Å². The van der Waals surface area contributed by atoms with Gasteiger partial charge >= 0.3 is 0 Å². The number of hydrogen-bond donors (Lipinski definition) is 0. The van der Waals surface area contributed by atoms with Crippen LogP contribution in [-0.4, -0.2) is 20.3 Å². The van der Waals surface area contributed by atoms with Gasteiger partial charge in [0.1, 0.15) is 0 Å².